The van der Waals surface area contributed by atoms with Crippen molar-refractivity contribution >= 4 is 33.1 Å². The Bertz CT molecular complexity index is 602. The maximum absolute atomic E-state index is 12.1. The SMILES string of the molecule is Cc1nc2ccc(NC(=O)[C@H]3CCCNC3)cc2s1. The first-order chi connectivity index (χ1) is 9.22. The lowest BCUT2D eigenvalue weighted by molar-refractivity contribution is -0.120. The van der Waals surface area contributed by atoms with Crippen molar-refractivity contribution in [1.29, 1.82) is 0 Å². The molecule has 2 N–H and O–H groups in total. The Morgan fingerprint density at radius 2 is 2.42 bits per heavy atom. The van der Waals surface area contributed by atoms with E-state index in [0.29, 0.717) is 0 Å². The van der Waals surface area contributed by atoms with Gasteiger partial charge in [-0.3, -0.25) is 4.79 Å². The molecule has 0 unspecified atom stereocenters. The summed E-state index contributed by atoms with van der Waals surface area (Å²) in [5.41, 5.74) is 1.87. The Morgan fingerprint density at radius 3 is 3.21 bits per heavy atom. The summed E-state index contributed by atoms with van der Waals surface area (Å²) in [5, 5.41) is 7.33. The van der Waals surface area contributed by atoms with Crippen molar-refractivity contribution in [2.45, 2.75) is 19.8 Å². The lowest BCUT2D eigenvalue weighted by Gasteiger charge is -2.21. The molecule has 19 heavy (non-hydrogen) atoms. The molecule has 0 aliphatic carbocycles. The standard InChI is InChI=1S/C14H17N3OS/c1-9-16-12-5-4-11(7-13(12)19-9)17-14(18)10-3-2-6-15-8-10/h4-5,7,10,15H,2-3,6,8H2,1H3,(H,17,18)/t10-/m0/s1. The molecule has 1 saturated heterocycles. The number of thiazole rings is 1. The predicted octanol–water partition coefficient (Wildman–Crippen LogP) is 2.54. The topological polar surface area (TPSA) is 54.0 Å². The van der Waals surface area contributed by atoms with Gasteiger partial charge in [-0.1, -0.05) is 0 Å². The third-order valence-corrected chi connectivity index (χ3v) is 4.36. The number of hydrogen-bond donors (Lipinski definition) is 2. The van der Waals surface area contributed by atoms with Crippen LogP contribution in [0, 0.1) is 12.8 Å². The zero-order valence-corrected chi connectivity index (χ0v) is 11.7. The number of nitrogens with zero attached hydrogens (tertiary/aromatic N) is 1. The van der Waals surface area contributed by atoms with Gasteiger partial charge in [0.25, 0.3) is 0 Å². The molecule has 1 aliphatic heterocycles. The number of aryl methyl sites for hydroxylation is 1. The van der Waals surface area contributed by atoms with E-state index in [1.807, 2.05) is 25.1 Å². The molecule has 0 spiro atoms. The number of nitrogens with one attached hydrogen (secondary N) is 2. The molecule has 2 aromatic rings. The van der Waals surface area contributed by atoms with Crippen LogP contribution in [0.5, 0.6) is 0 Å². The largest absolute Gasteiger partial charge is 0.326 e. The summed E-state index contributed by atoms with van der Waals surface area (Å²) in [6, 6.07) is 5.90. The number of rotatable bonds is 2. The van der Waals surface area contributed by atoms with Gasteiger partial charge in [-0.2, -0.15) is 0 Å². The van der Waals surface area contributed by atoms with E-state index >= 15 is 0 Å². The second-order valence-electron chi connectivity index (χ2n) is 4.95. The smallest absolute Gasteiger partial charge is 0.228 e. The first-order valence-electron chi connectivity index (χ1n) is 6.61. The first kappa shape index (κ1) is 12.6. The zero-order valence-electron chi connectivity index (χ0n) is 10.9. The van der Waals surface area contributed by atoms with E-state index in [9.17, 15) is 4.79 Å². The molecule has 1 fully saturated rings. The van der Waals surface area contributed by atoms with Crippen LogP contribution in [-0.2, 0) is 4.79 Å². The molecular weight excluding hydrogens is 258 g/mol. The van der Waals surface area contributed by atoms with Gasteiger partial charge >= 0.3 is 0 Å². The number of benzene rings is 1. The highest BCUT2D eigenvalue weighted by atomic mass is 32.1. The van der Waals surface area contributed by atoms with Crippen LogP contribution in [-0.4, -0.2) is 24.0 Å². The monoisotopic (exact) mass is 275 g/mol. The molecule has 4 nitrogen and oxygen atoms in total. The van der Waals surface area contributed by atoms with Crippen molar-refractivity contribution in [3.8, 4) is 0 Å². The van der Waals surface area contributed by atoms with Gasteiger partial charge < -0.3 is 10.6 Å². The van der Waals surface area contributed by atoms with Gasteiger partial charge in [-0.15, -0.1) is 11.3 Å². The lowest BCUT2D eigenvalue weighted by Crippen LogP contribution is -2.37. The molecule has 1 aromatic heterocycles. The Kier molecular flexibility index (Phi) is 3.48. The van der Waals surface area contributed by atoms with Gasteiger partial charge in [0.1, 0.15) is 0 Å². The van der Waals surface area contributed by atoms with Crippen molar-refractivity contribution < 1.29 is 4.79 Å². The van der Waals surface area contributed by atoms with Gasteiger partial charge in [-0.05, 0) is 44.5 Å². The highest BCUT2D eigenvalue weighted by Gasteiger charge is 2.20. The molecule has 1 amide bonds. The van der Waals surface area contributed by atoms with Crippen LogP contribution in [0.1, 0.15) is 17.8 Å². The van der Waals surface area contributed by atoms with Gasteiger partial charge in [0, 0.05) is 12.2 Å². The van der Waals surface area contributed by atoms with Crippen molar-refractivity contribution in [2.24, 2.45) is 5.92 Å². The summed E-state index contributed by atoms with van der Waals surface area (Å²) in [6.45, 7) is 3.81. The minimum atomic E-state index is 0.0904. The summed E-state index contributed by atoms with van der Waals surface area (Å²) in [4.78, 5) is 16.6. The lowest BCUT2D eigenvalue weighted by atomic mass is 9.99. The third-order valence-electron chi connectivity index (χ3n) is 3.43. The van der Waals surface area contributed by atoms with Crippen LogP contribution in [0.15, 0.2) is 18.2 Å². The number of carbonyl (C=O) groups excluding carboxylic acids is 1. The Hall–Kier alpha value is -1.46. The number of anilines is 1. The van der Waals surface area contributed by atoms with Crippen LogP contribution < -0.4 is 10.6 Å². The van der Waals surface area contributed by atoms with Crippen LogP contribution in [0.25, 0.3) is 10.2 Å². The van der Waals surface area contributed by atoms with E-state index in [2.05, 4.69) is 15.6 Å². The zero-order chi connectivity index (χ0) is 13.2. The molecule has 0 saturated carbocycles. The van der Waals surface area contributed by atoms with Crippen molar-refractivity contribution in [1.82, 2.24) is 10.3 Å². The van der Waals surface area contributed by atoms with Crippen molar-refractivity contribution in [3.05, 3.63) is 23.2 Å². The van der Waals surface area contributed by atoms with Crippen LogP contribution >= 0.6 is 11.3 Å². The summed E-state index contributed by atoms with van der Waals surface area (Å²) in [5.74, 6) is 0.209. The van der Waals surface area contributed by atoms with Gasteiger partial charge in [0.05, 0.1) is 21.1 Å². The second kappa shape index (κ2) is 5.27. The first-order valence-corrected chi connectivity index (χ1v) is 7.43. The number of piperidine rings is 1. The predicted molar refractivity (Wildman–Crippen MR) is 78.6 cm³/mol. The minimum Gasteiger partial charge on any atom is -0.326 e. The number of aromatic nitrogens is 1. The second-order valence-corrected chi connectivity index (χ2v) is 6.18. The molecule has 0 bridgehead atoms. The third kappa shape index (κ3) is 2.77. The maximum atomic E-state index is 12.1. The molecule has 100 valence electrons. The van der Waals surface area contributed by atoms with Gasteiger partial charge in [0.2, 0.25) is 5.91 Å². The minimum absolute atomic E-state index is 0.0904. The molecule has 0 radical (unpaired) electrons. The fraction of sp³-hybridized carbons (Fsp3) is 0.429. The van der Waals surface area contributed by atoms with Crippen LogP contribution in [0.2, 0.25) is 0 Å². The molecule has 1 aliphatic rings. The molecule has 1 aromatic carbocycles. The quantitative estimate of drug-likeness (QED) is 0.885. The summed E-state index contributed by atoms with van der Waals surface area (Å²) < 4.78 is 1.12. The molecule has 3 rings (SSSR count). The Morgan fingerprint density at radius 1 is 1.53 bits per heavy atom. The number of fused-ring (bicyclic) bond motifs is 1. The molecule has 2 heterocycles. The van der Waals surface area contributed by atoms with E-state index in [0.717, 1.165) is 46.8 Å². The average molecular weight is 275 g/mol. The van der Waals surface area contributed by atoms with E-state index < -0.39 is 0 Å². The highest BCUT2D eigenvalue weighted by Crippen LogP contribution is 2.25. The Balaban J connectivity index is 1.74. The number of hydrogen-bond acceptors (Lipinski definition) is 4. The summed E-state index contributed by atoms with van der Waals surface area (Å²) in [7, 11) is 0. The Labute approximate surface area is 116 Å². The van der Waals surface area contributed by atoms with Crippen LogP contribution in [0.3, 0.4) is 0 Å². The summed E-state index contributed by atoms with van der Waals surface area (Å²) >= 11 is 1.65. The van der Waals surface area contributed by atoms with Crippen molar-refractivity contribution in [2.75, 3.05) is 18.4 Å². The van der Waals surface area contributed by atoms with E-state index in [1.54, 1.807) is 11.3 Å². The van der Waals surface area contributed by atoms with Crippen molar-refractivity contribution in [3.63, 3.8) is 0 Å². The molecule has 5 heteroatoms. The van der Waals surface area contributed by atoms with E-state index in [-0.39, 0.29) is 11.8 Å². The van der Waals surface area contributed by atoms with E-state index in [1.165, 1.54) is 0 Å². The van der Waals surface area contributed by atoms with Gasteiger partial charge in [-0.25, -0.2) is 4.98 Å². The van der Waals surface area contributed by atoms with E-state index in [4.69, 9.17) is 0 Å². The molecule has 1 atom stereocenters. The number of amides is 1. The fourth-order valence-corrected chi connectivity index (χ4v) is 3.30. The van der Waals surface area contributed by atoms with Gasteiger partial charge in [0.15, 0.2) is 0 Å². The summed E-state index contributed by atoms with van der Waals surface area (Å²) in [6.07, 6.45) is 2.05. The maximum Gasteiger partial charge on any atom is 0.228 e. The highest BCUT2D eigenvalue weighted by molar-refractivity contribution is 7.18. The average Bonchev–Trinajstić information content (AvgIpc) is 2.79. The fourth-order valence-electron chi connectivity index (χ4n) is 2.44. The normalized spacial score (nSPS) is 19.5. The molecular formula is C14H17N3OS. The number of carbonyl (C=O) groups is 1. The van der Waals surface area contributed by atoms with Crippen LogP contribution in [0.4, 0.5) is 5.69 Å².